The number of anilines is 4. The van der Waals surface area contributed by atoms with E-state index in [0.29, 0.717) is 0 Å². The second kappa shape index (κ2) is 6.72. The van der Waals surface area contributed by atoms with Gasteiger partial charge in [0, 0.05) is 33.5 Å². The van der Waals surface area contributed by atoms with Gasteiger partial charge in [0.25, 0.3) is 0 Å². The summed E-state index contributed by atoms with van der Waals surface area (Å²) in [6.45, 7) is 0.0672. The van der Waals surface area contributed by atoms with Gasteiger partial charge in [-0.2, -0.15) is 0 Å². The summed E-state index contributed by atoms with van der Waals surface area (Å²) >= 11 is 0. The van der Waals surface area contributed by atoms with E-state index in [1.54, 1.807) is 0 Å². The number of benzene rings is 5. The maximum Gasteiger partial charge on any atom is 0.406 e. The van der Waals surface area contributed by atoms with Crippen LogP contribution in [0.15, 0.2) is 97.1 Å². The highest BCUT2D eigenvalue weighted by Gasteiger charge is 2.28. The Balaban J connectivity index is 1.18. The summed E-state index contributed by atoms with van der Waals surface area (Å²) in [5.74, 6) is 0. The van der Waals surface area contributed by atoms with Crippen LogP contribution in [-0.2, 0) is 0 Å². The molecular weight excluding hydrogens is 390 g/mol. The first-order chi connectivity index (χ1) is 15.8. The van der Waals surface area contributed by atoms with Crippen molar-refractivity contribution in [2.24, 2.45) is 0 Å². The fourth-order valence-corrected chi connectivity index (χ4v) is 5.07. The van der Waals surface area contributed by atoms with Crippen molar-refractivity contribution in [2.45, 2.75) is 0 Å². The standard InChI is InChI=1S/C26H20B2N4/c1-5-17-6-2-10-22-25(17)21(9-1)29-27(30-22)19-13-15-20(16-14-19)28-31-23-11-3-7-18-8-4-12-24(32-28)26(18)23/h1-16,29-32H. The van der Waals surface area contributed by atoms with Gasteiger partial charge in [-0.25, -0.2) is 0 Å². The monoisotopic (exact) mass is 410 g/mol. The zero-order valence-electron chi connectivity index (χ0n) is 17.4. The minimum Gasteiger partial charge on any atom is -0.405 e. The molecule has 4 N–H and O–H groups in total. The number of rotatable bonds is 2. The average molecular weight is 410 g/mol. The van der Waals surface area contributed by atoms with E-state index >= 15 is 0 Å². The van der Waals surface area contributed by atoms with Crippen LogP contribution in [0, 0.1) is 0 Å². The lowest BCUT2D eigenvalue weighted by molar-refractivity contribution is 1.59. The van der Waals surface area contributed by atoms with Crippen LogP contribution in [0.5, 0.6) is 0 Å². The third-order valence-electron chi connectivity index (χ3n) is 6.61. The Bertz CT molecular complexity index is 1300. The van der Waals surface area contributed by atoms with E-state index in [1.807, 2.05) is 0 Å². The predicted molar refractivity (Wildman–Crippen MR) is 140 cm³/mol. The fraction of sp³-hybridized carbons (Fsp3) is 0. The van der Waals surface area contributed by atoms with Crippen molar-refractivity contribution in [1.82, 2.24) is 0 Å². The molecule has 6 heteroatoms. The van der Waals surface area contributed by atoms with Crippen molar-refractivity contribution in [3.05, 3.63) is 97.1 Å². The van der Waals surface area contributed by atoms with E-state index in [9.17, 15) is 0 Å². The fourth-order valence-electron chi connectivity index (χ4n) is 5.07. The SMILES string of the molecule is c1cc2c3c(cccc3c1)NB(c1ccc(B3Nc4cccc5cccc(c45)N3)cc1)N2. The van der Waals surface area contributed by atoms with Crippen LogP contribution in [0.4, 0.5) is 22.7 Å². The second-order valence-electron chi connectivity index (χ2n) is 8.53. The minimum absolute atomic E-state index is 0.0336. The lowest BCUT2D eigenvalue weighted by Crippen LogP contribution is -2.50. The summed E-state index contributed by atoms with van der Waals surface area (Å²) in [6.07, 6.45) is 0. The quantitative estimate of drug-likeness (QED) is 0.325. The number of hydrogen-bond acceptors (Lipinski definition) is 4. The summed E-state index contributed by atoms with van der Waals surface area (Å²) in [7, 11) is 0. The first-order valence-electron chi connectivity index (χ1n) is 11.0. The van der Waals surface area contributed by atoms with Gasteiger partial charge in [0.2, 0.25) is 0 Å². The summed E-state index contributed by atoms with van der Waals surface area (Å²) < 4.78 is 0. The summed E-state index contributed by atoms with van der Waals surface area (Å²) in [4.78, 5) is 0. The molecule has 0 spiro atoms. The van der Waals surface area contributed by atoms with E-state index in [2.05, 4.69) is 118 Å². The second-order valence-corrected chi connectivity index (χ2v) is 8.53. The van der Waals surface area contributed by atoms with Crippen molar-refractivity contribution < 1.29 is 0 Å². The van der Waals surface area contributed by atoms with Crippen LogP contribution in [0.25, 0.3) is 21.5 Å². The molecule has 150 valence electrons. The van der Waals surface area contributed by atoms with Gasteiger partial charge in [-0.3, -0.25) is 0 Å². The molecule has 2 aliphatic heterocycles. The number of hydrogen-bond donors (Lipinski definition) is 4. The average Bonchev–Trinajstić information content (AvgIpc) is 2.85. The van der Waals surface area contributed by atoms with Crippen LogP contribution >= 0.6 is 0 Å². The highest BCUT2D eigenvalue weighted by atomic mass is 15.0. The first kappa shape index (κ1) is 17.6. The smallest absolute Gasteiger partial charge is 0.405 e. The van der Waals surface area contributed by atoms with Crippen LogP contribution in [0.3, 0.4) is 0 Å². The Kier molecular flexibility index (Phi) is 3.70. The van der Waals surface area contributed by atoms with Crippen molar-refractivity contribution in [3.8, 4) is 0 Å². The molecule has 4 nitrogen and oxygen atoms in total. The molecule has 0 aliphatic carbocycles. The van der Waals surface area contributed by atoms with Crippen molar-refractivity contribution >= 4 is 69.2 Å². The topological polar surface area (TPSA) is 48.1 Å². The van der Waals surface area contributed by atoms with Crippen molar-refractivity contribution in [3.63, 3.8) is 0 Å². The van der Waals surface area contributed by atoms with Crippen molar-refractivity contribution in [2.75, 3.05) is 20.9 Å². The van der Waals surface area contributed by atoms with Crippen LogP contribution < -0.4 is 31.8 Å². The zero-order chi connectivity index (χ0) is 21.1. The van der Waals surface area contributed by atoms with E-state index in [1.165, 1.54) is 55.2 Å². The molecule has 2 heterocycles. The lowest BCUT2D eigenvalue weighted by atomic mass is 9.62. The molecule has 0 amide bonds. The van der Waals surface area contributed by atoms with E-state index in [0.717, 1.165) is 0 Å². The van der Waals surface area contributed by atoms with Gasteiger partial charge in [0.1, 0.15) is 0 Å². The molecule has 5 aromatic carbocycles. The third-order valence-corrected chi connectivity index (χ3v) is 6.61. The third kappa shape index (κ3) is 2.66. The Morgan fingerprint density at radius 2 is 0.688 bits per heavy atom. The Hall–Kier alpha value is -4.05. The molecule has 32 heavy (non-hydrogen) atoms. The van der Waals surface area contributed by atoms with Gasteiger partial charge in [-0.1, -0.05) is 72.8 Å². The summed E-state index contributed by atoms with van der Waals surface area (Å²) in [6, 6.07) is 34.5. The van der Waals surface area contributed by atoms with E-state index < -0.39 is 0 Å². The van der Waals surface area contributed by atoms with Crippen LogP contribution in [-0.4, -0.2) is 14.0 Å². The summed E-state index contributed by atoms with van der Waals surface area (Å²) in [5.41, 5.74) is 7.10. The largest absolute Gasteiger partial charge is 0.406 e. The molecule has 5 aromatic rings. The molecule has 7 rings (SSSR count). The minimum atomic E-state index is 0.0336. The van der Waals surface area contributed by atoms with Gasteiger partial charge in [0.15, 0.2) is 0 Å². The molecule has 0 radical (unpaired) electrons. The highest BCUT2D eigenvalue weighted by Crippen LogP contribution is 2.35. The first-order valence-corrected chi connectivity index (χ1v) is 11.0. The predicted octanol–water partition coefficient (Wildman–Crippen LogP) is 4.46. The van der Waals surface area contributed by atoms with E-state index in [-0.39, 0.29) is 14.0 Å². The molecule has 0 aromatic heterocycles. The maximum atomic E-state index is 3.66. The zero-order valence-corrected chi connectivity index (χ0v) is 17.4. The van der Waals surface area contributed by atoms with E-state index in [4.69, 9.17) is 0 Å². The Labute approximate surface area is 187 Å². The van der Waals surface area contributed by atoms with Gasteiger partial charge in [-0.05, 0) is 46.0 Å². The molecule has 0 bridgehead atoms. The molecular formula is C26H20B2N4. The molecule has 0 fully saturated rings. The normalized spacial score (nSPS) is 13.9. The van der Waals surface area contributed by atoms with Crippen LogP contribution in [0.1, 0.15) is 0 Å². The Morgan fingerprint density at radius 3 is 1.00 bits per heavy atom. The molecule has 0 saturated heterocycles. The lowest BCUT2D eigenvalue weighted by Gasteiger charge is -2.28. The Morgan fingerprint density at radius 1 is 0.375 bits per heavy atom. The highest BCUT2D eigenvalue weighted by molar-refractivity contribution is 6.82. The van der Waals surface area contributed by atoms with Gasteiger partial charge in [0.05, 0.1) is 0 Å². The molecule has 0 atom stereocenters. The maximum absolute atomic E-state index is 3.66. The molecule has 2 aliphatic rings. The molecule has 0 unspecified atom stereocenters. The van der Waals surface area contributed by atoms with Gasteiger partial charge >= 0.3 is 14.0 Å². The number of nitrogens with one attached hydrogen (secondary N) is 4. The van der Waals surface area contributed by atoms with Gasteiger partial charge < -0.3 is 20.9 Å². The van der Waals surface area contributed by atoms with Gasteiger partial charge in [-0.15, -0.1) is 0 Å². The van der Waals surface area contributed by atoms with Crippen molar-refractivity contribution in [1.29, 1.82) is 0 Å². The van der Waals surface area contributed by atoms with Crippen LogP contribution in [0.2, 0.25) is 0 Å². The summed E-state index contributed by atoms with van der Waals surface area (Å²) in [5, 5.41) is 19.7. The molecule has 0 saturated carbocycles.